The number of nitrogens with one attached hydrogen (secondary N) is 1. The number of H-pyrrole nitrogens is 1. The van der Waals surface area contributed by atoms with Gasteiger partial charge in [-0.2, -0.15) is 15.4 Å². The van der Waals surface area contributed by atoms with Gasteiger partial charge in [-0.15, -0.1) is 0 Å². The predicted molar refractivity (Wildman–Crippen MR) is 46.8 cm³/mol. The van der Waals surface area contributed by atoms with Gasteiger partial charge in [-0.1, -0.05) is 6.07 Å². The SMILES string of the molecule is OC(c1cn[nH]n1)c1c(F)cccc1F. The molecule has 2 N–H and O–H groups in total. The van der Waals surface area contributed by atoms with E-state index in [1.807, 2.05) is 0 Å². The Labute approximate surface area is 83.6 Å². The number of halogens is 2. The van der Waals surface area contributed by atoms with Gasteiger partial charge in [-0.25, -0.2) is 8.78 Å². The molecule has 0 saturated carbocycles. The maximum Gasteiger partial charge on any atom is 0.132 e. The maximum absolute atomic E-state index is 13.2. The molecule has 78 valence electrons. The number of rotatable bonds is 2. The Morgan fingerprint density at radius 1 is 1.27 bits per heavy atom. The van der Waals surface area contributed by atoms with Gasteiger partial charge in [0.05, 0.1) is 11.8 Å². The van der Waals surface area contributed by atoms with Crippen LogP contribution in [0, 0.1) is 11.6 Å². The Morgan fingerprint density at radius 2 is 1.93 bits per heavy atom. The topological polar surface area (TPSA) is 61.8 Å². The normalized spacial score (nSPS) is 12.7. The first kappa shape index (κ1) is 9.72. The van der Waals surface area contributed by atoms with Crippen LogP contribution in [0.25, 0.3) is 0 Å². The molecule has 0 saturated heterocycles. The Bertz CT molecular complexity index is 438. The van der Waals surface area contributed by atoms with Crippen LogP contribution in [-0.2, 0) is 0 Å². The van der Waals surface area contributed by atoms with Crippen LogP contribution in [0.5, 0.6) is 0 Å². The fraction of sp³-hybridized carbons (Fsp3) is 0.111. The molecule has 0 radical (unpaired) electrons. The zero-order valence-corrected chi connectivity index (χ0v) is 7.48. The highest BCUT2D eigenvalue weighted by Gasteiger charge is 2.21. The van der Waals surface area contributed by atoms with Gasteiger partial charge in [0.15, 0.2) is 0 Å². The van der Waals surface area contributed by atoms with Crippen molar-refractivity contribution in [2.75, 3.05) is 0 Å². The van der Waals surface area contributed by atoms with Crippen molar-refractivity contribution in [2.24, 2.45) is 0 Å². The summed E-state index contributed by atoms with van der Waals surface area (Å²) in [6, 6.07) is 3.37. The molecule has 1 heterocycles. The van der Waals surface area contributed by atoms with E-state index in [-0.39, 0.29) is 5.69 Å². The van der Waals surface area contributed by atoms with Crippen LogP contribution in [0.15, 0.2) is 24.4 Å². The molecule has 15 heavy (non-hydrogen) atoms. The standard InChI is InChI=1S/C9H7F2N3O/c10-5-2-1-3-6(11)8(5)9(15)7-4-12-14-13-7/h1-4,9,15H,(H,12,13,14). The zero-order valence-electron chi connectivity index (χ0n) is 7.48. The van der Waals surface area contributed by atoms with Gasteiger partial charge in [0.2, 0.25) is 0 Å². The minimum absolute atomic E-state index is 0.0685. The molecule has 4 nitrogen and oxygen atoms in total. The summed E-state index contributed by atoms with van der Waals surface area (Å²) < 4.78 is 26.5. The Morgan fingerprint density at radius 3 is 2.47 bits per heavy atom. The van der Waals surface area contributed by atoms with Crippen molar-refractivity contribution < 1.29 is 13.9 Å². The Hall–Kier alpha value is -1.82. The summed E-state index contributed by atoms with van der Waals surface area (Å²) in [7, 11) is 0. The highest BCUT2D eigenvalue weighted by molar-refractivity contribution is 5.27. The molecule has 1 aromatic heterocycles. The van der Waals surface area contributed by atoms with E-state index in [9.17, 15) is 13.9 Å². The van der Waals surface area contributed by atoms with Crippen LogP contribution in [0.4, 0.5) is 8.78 Å². The van der Waals surface area contributed by atoms with Gasteiger partial charge in [0.25, 0.3) is 0 Å². The summed E-state index contributed by atoms with van der Waals surface area (Å²) in [5.41, 5.74) is -0.356. The van der Waals surface area contributed by atoms with Gasteiger partial charge in [0, 0.05) is 0 Å². The average molecular weight is 211 g/mol. The van der Waals surface area contributed by atoms with E-state index < -0.39 is 23.3 Å². The molecule has 0 aliphatic rings. The Balaban J connectivity index is 2.46. The number of aliphatic hydroxyl groups is 1. The highest BCUT2D eigenvalue weighted by atomic mass is 19.1. The maximum atomic E-state index is 13.2. The van der Waals surface area contributed by atoms with Crippen molar-refractivity contribution in [1.29, 1.82) is 0 Å². The molecule has 0 bridgehead atoms. The van der Waals surface area contributed by atoms with Gasteiger partial charge < -0.3 is 5.11 Å². The van der Waals surface area contributed by atoms with E-state index >= 15 is 0 Å². The molecule has 1 aromatic carbocycles. The summed E-state index contributed by atoms with van der Waals surface area (Å²) in [5.74, 6) is -1.63. The molecule has 0 spiro atoms. The van der Waals surface area contributed by atoms with Gasteiger partial charge in [0.1, 0.15) is 23.4 Å². The molecule has 6 heteroatoms. The predicted octanol–water partition coefficient (Wildman–Crippen LogP) is 1.16. The lowest BCUT2D eigenvalue weighted by molar-refractivity contribution is 0.204. The Kier molecular flexibility index (Phi) is 2.42. The number of aromatic nitrogens is 3. The second kappa shape index (κ2) is 3.74. The molecule has 2 aromatic rings. The van der Waals surface area contributed by atoms with Crippen LogP contribution in [0.1, 0.15) is 17.4 Å². The number of benzene rings is 1. The summed E-state index contributed by atoms with van der Waals surface area (Å²) in [4.78, 5) is 0. The first-order valence-corrected chi connectivity index (χ1v) is 4.18. The van der Waals surface area contributed by atoms with Crippen LogP contribution in [-0.4, -0.2) is 20.5 Å². The second-order valence-corrected chi connectivity index (χ2v) is 2.93. The van der Waals surface area contributed by atoms with Crippen molar-refractivity contribution in [2.45, 2.75) is 6.10 Å². The number of aliphatic hydroxyl groups excluding tert-OH is 1. The van der Waals surface area contributed by atoms with Crippen LogP contribution < -0.4 is 0 Å². The van der Waals surface area contributed by atoms with E-state index in [0.717, 1.165) is 12.1 Å². The molecular formula is C9H7F2N3O. The smallest absolute Gasteiger partial charge is 0.132 e. The number of nitrogens with zero attached hydrogens (tertiary/aromatic N) is 2. The van der Waals surface area contributed by atoms with Crippen molar-refractivity contribution >= 4 is 0 Å². The third-order valence-electron chi connectivity index (χ3n) is 1.99. The van der Waals surface area contributed by atoms with Crippen molar-refractivity contribution in [1.82, 2.24) is 15.4 Å². The van der Waals surface area contributed by atoms with E-state index in [4.69, 9.17) is 0 Å². The first-order valence-electron chi connectivity index (χ1n) is 4.18. The average Bonchev–Trinajstić information content (AvgIpc) is 2.69. The highest BCUT2D eigenvalue weighted by Crippen LogP contribution is 2.24. The third kappa shape index (κ3) is 1.71. The van der Waals surface area contributed by atoms with Crippen molar-refractivity contribution in [3.8, 4) is 0 Å². The summed E-state index contributed by atoms with van der Waals surface area (Å²) >= 11 is 0. The minimum atomic E-state index is -1.45. The lowest BCUT2D eigenvalue weighted by Gasteiger charge is -2.09. The largest absolute Gasteiger partial charge is 0.382 e. The van der Waals surface area contributed by atoms with Crippen molar-refractivity contribution in [3.63, 3.8) is 0 Å². The van der Waals surface area contributed by atoms with E-state index in [0.29, 0.717) is 0 Å². The fourth-order valence-corrected chi connectivity index (χ4v) is 1.26. The fourth-order valence-electron chi connectivity index (χ4n) is 1.26. The molecule has 0 aliphatic carbocycles. The molecule has 0 aliphatic heterocycles. The van der Waals surface area contributed by atoms with E-state index in [1.54, 1.807) is 0 Å². The van der Waals surface area contributed by atoms with Gasteiger partial charge in [-0.05, 0) is 12.1 Å². The summed E-state index contributed by atoms with van der Waals surface area (Å²) in [6.45, 7) is 0. The number of hydrogen-bond acceptors (Lipinski definition) is 3. The van der Waals surface area contributed by atoms with Crippen LogP contribution in [0.3, 0.4) is 0 Å². The summed E-state index contributed by atoms with van der Waals surface area (Å²) in [5, 5.41) is 18.9. The monoisotopic (exact) mass is 211 g/mol. The number of hydrogen-bond donors (Lipinski definition) is 2. The van der Waals surface area contributed by atoms with E-state index in [2.05, 4.69) is 15.4 Å². The summed E-state index contributed by atoms with van der Waals surface area (Å²) in [6.07, 6.45) is -0.249. The third-order valence-corrected chi connectivity index (χ3v) is 1.99. The van der Waals surface area contributed by atoms with Crippen LogP contribution in [0.2, 0.25) is 0 Å². The van der Waals surface area contributed by atoms with Gasteiger partial charge in [-0.3, -0.25) is 0 Å². The lowest BCUT2D eigenvalue weighted by Crippen LogP contribution is -2.06. The van der Waals surface area contributed by atoms with E-state index in [1.165, 1.54) is 12.3 Å². The molecule has 1 unspecified atom stereocenters. The second-order valence-electron chi connectivity index (χ2n) is 2.93. The zero-order chi connectivity index (χ0) is 10.8. The number of aromatic amines is 1. The quantitative estimate of drug-likeness (QED) is 0.783. The molecule has 1 atom stereocenters. The van der Waals surface area contributed by atoms with Crippen molar-refractivity contribution in [3.05, 3.63) is 47.3 Å². The first-order chi connectivity index (χ1) is 7.20. The molecule has 0 amide bonds. The molecule has 2 rings (SSSR count). The molecule has 0 fully saturated rings. The molecular weight excluding hydrogens is 204 g/mol. The van der Waals surface area contributed by atoms with Crippen LogP contribution >= 0.6 is 0 Å². The van der Waals surface area contributed by atoms with Gasteiger partial charge >= 0.3 is 0 Å². The minimum Gasteiger partial charge on any atom is -0.382 e. The lowest BCUT2D eigenvalue weighted by atomic mass is 10.1.